The molecule has 8 heteroatoms. The summed E-state index contributed by atoms with van der Waals surface area (Å²) in [5.41, 5.74) is 2.53. The van der Waals surface area contributed by atoms with E-state index < -0.39 is 0 Å². The Bertz CT molecular complexity index is 888. The van der Waals surface area contributed by atoms with E-state index in [1.807, 2.05) is 12.1 Å². The molecule has 7 nitrogen and oxygen atoms in total. The second kappa shape index (κ2) is 9.27. The number of furan rings is 1. The molecule has 0 fully saturated rings. The smallest absolute Gasteiger partial charge is 0.216 e. The summed E-state index contributed by atoms with van der Waals surface area (Å²) in [6, 6.07) is 10.2. The highest BCUT2D eigenvalue weighted by atomic mass is 32.2. The zero-order valence-corrected chi connectivity index (χ0v) is 16.6. The van der Waals surface area contributed by atoms with Gasteiger partial charge in [0.2, 0.25) is 5.82 Å². The lowest BCUT2D eigenvalue weighted by molar-refractivity contribution is 0.577. The molecule has 0 aliphatic rings. The lowest BCUT2D eigenvalue weighted by atomic mass is 10.1. The lowest BCUT2D eigenvalue weighted by Gasteiger charge is -2.13. The van der Waals surface area contributed by atoms with Crippen molar-refractivity contribution < 1.29 is 4.42 Å². The Morgan fingerprint density at radius 2 is 2.19 bits per heavy atom. The van der Waals surface area contributed by atoms with Crippen LogP contribution in [0.15, 0.2) is 50.9 Å². The van der Waals surface area contributed by atoms with E-state index in [1.165, 1.54) is 16.0 Å². The van der Waals surface area contributed by atoms with Crippen LogP contribution in [0.4, 0.5) is 0 Å². The Morgan fingerprint density at radius 3 is 2.93 bits per heavy atom. The van der Waals surface area contributed by atoms with E-state index in [-0.39, 0.29) is 0 Å². The monoisotopic (exact) mass is 384 g/mol. The van der Waals surface area contributed by atoms with Gasteiger partial charge < -0.3 is 15.1 Å². The summed E-state index contributed by atoms with van der Waals surface area (Å²) in [5.74, 6) is 2.79. The first-order chi connectivity index (χ1) is 13.2. The number of hydrogen-bond acceptors (Lipinski definition) is 5. The highest BCUT2D eigenvalue weighted by Gasteiger charge is 2.08. The molecule has 1 aromatic carbocycles. The molecule has 3 aromatic rings. The molecule has 0 bridgehead atoms. The van der Waals surface area contributed by atoms with Gasteiger partial charge in [-0.1, -0.05) is 12.1 Å². The second-order valence-corrected chi connectivity index (χ2v) is 6.85. The number of nitrogens with zero attached hydrogens (tertiary/aromatic N) is 3. The highest BCUT2D eigenvalue weighted by Crippen LogP contribution is 2.21. The molecule has 27 heavy (non-hydrogen) atoms. The number of rotatable bonds is 7. The summed E-state index contributed by atoms with van der Waals surface area (Å²) in [4.78, 5) is 10.00. The maximum Gasteiger partial charge on any atom is 0.216 e. The predicted molar refractivity (Wildman–Crippen MR) is 109 cm³/mol. The van der Waals surface area contributed by atoms with Crippen LogP contribution in [0.2, 0.25) is 0 Å². The van der Waals surface area contributed by atoms with Crippen molar-refractivity contribution in [1.29, 1.82) is 0 Å². The van der Waals surface area contributed by atoms with E-state index in [0.29, 0.717) is 24.6 Å². The van der Waals surface area contributed by atoms with Gasteiger partial charge in [0, 0.05) is 31.5 Å². The lowest BCUT2D eigenvalue weighted by Crippen LogP contribution is -2.38. The fourth-order valence-corrected chi connectivity index (χ4v) is 3.33. The van der Waals surface area contributed by atoms with Gasteiger partial charge in [0.05, 0.1) is 6.26 Å². The maximum absolute atomic E-state index is 5.30. The van der Waals surface area contributed by atoms with Crippen LogP contribution < -0.4 is 10.6 Å². The van der Waals surface area contributed by atoms with Gasteiger partial charge in [-0.25, -0.2) is 4.98 Å². The first-order valence-electron chi connectivity index (χ1n) is 8.73. The number of aromatic amines is 1. The van der Waals surface area contributed by atoms with Crippen LogP contribution in [0, 0.1) is 6.92 Å². The summed E-state index contributed by atoms with van der Waals surface area (Å²) in [6.45, 7) is 3.52. The molecule has 0 unspecified atom stereocenters. The van der Waals surface area contributed by atoms with Crippen molar-refractivity contribution in [1.82, 2.24) is 25.8 Å². The molecule has 0 spiro atoms. The predicted octanol–water partition coefficient (Wildman–Crippen LogP) is 3.00. The first-order valence-corrected chi connectivity index (χ1v) is 9.95. The van der Waals surface area contributed by atoms with Crippen molar-refractivity contribution in [3.05, 3.63) is 53.5 Å². The fourth-order valence-electron chi connectivity index (χ4n) is 2.62. The Morgan fingerprint density at radius 1 is 1.30 bits per heavy atom. The van der Waals surface area contributed by atoms with Gasteiger partial charge in [-0.05, 0) is 42.5 Å². The Labute approximate surface area is 163 Å². The number of nitrogens with one attached hydrogen (secondary N) is 3. The summed E-state index contributed by atoms with van der Waals surface area (Å²) in [5, 5.41) is 13.8. The van der Waals surface area contributed by atoms with Crippen LogP contribution in [0.1, 0.15) is 17.0 Å². The quantitative estimate of drug-likeness (QED) is 0.330. The fraction of sp³-hybridized carbons (Fsp3) is 0.316. The van der Waals surface area contributed by atoms with Crippen molar-refractivity contribution in [3.63, 3.8) is 0 Å². The zero-order valence-electron chi connectivity index (χ0n) is 15.7. The van der Waals surface area contributed by atoms with Gasteiger partial charge in [-0.2, -0.15) is 5.10 Å². The van der Waals surface area contributed by atoms with Gasteiger partial charge in [0.1, 0.15) is 5.82 Å². The number of hydrogen-bond donors (Lipinski definition) is 3. The molecule has 0 saturated carbocycles. The molecule has 0 atom stereocenters. The minimum Gasteiger partial charge on any atom is -0.461 e. The Balaban J connectivity index is 1.48. The van der Waals surface area contributed by atoms with Gasteiger partial charge in [-0.15, -0.1) is 11.8 Å². The van der Waals surface area contributed by atoms with E-state index >= 15 is 0 Å². The average Bonchev–Trinajstić information content (AvgIpc) is 3.36. The number of benzene rings is 1. The molecular formula is C19H24N6OS. The van der Waals surface area contributed by atoms with Gasteiger partial charge in [0.15, 0.2) is 11.7 Å². The average molecular weight is 385 g/mol. The summed E-state index contributed by atoms with van der Waals surface area (Å²) >= 11 is 1.76. The first kappa shape index (κ1) is 19.0. The number of aliphatic imine (C=N–C) groups is 1. The van der Waals surface area contributed by atoms with E-state index in [0.717, 1.165) is 18.3 Å². The van der Waals surface area contributed by atoms with Crippen molar-refractivity contribution in [2.75, 3.05) is 19.8 Å². The van der Waals surface area contributed by atoms with Crippen LogP contribution in [0.25, 0.3) is 11.6 Å². The van der Waals surface area contributed by atoms with Crippen LogP contribution in [0.3, 0.4) is 0 Å². The van der Waals surface area contributed by atoms with E-state index in [4.69, 9.17) is 4.42 Å². The molecule has 0 aliphatic heterocycles. The molecule has 3 rings (SSSR count). The zero-order chi connectivity index (χ0) is 19.1. The molecular weight excluding hydrogens is 360 g/mol. The summed E-state index contributed by atoms with van der Waals surface area (Å²) < 4.78 is 5.30. The largest absolute Gasteiger partial charge is 0.461 e. The Kier molecular flexibility index (Phi) is 6.54. The van der Waals surface area contributed by atoms with Crippen molar-refractivity contribution in [2.45, 2.75) is 24.8 Å². The minimum atomic E-state index is 0.571. The number of thioether (sulfide) groups is 1. The van der Waals surface area contributed by atoms with Gasteiger partial charge >= 0.3 is 0 Å². The summed E-state index contributed by atoms with van der Waals surface area (Å²) in [6.07, 6.45) is 4.41. The van der Waals surface area contributed by atoms with Gasteiger partial charge in [-0.3, -0.25) is 10.1 Å². The van der Waals surface area contributed by atoms with Crippen LogP contribution in [-0.2, 0) is 13.0 Å². The van der Waals surface area contributed by atoms with E-state index in [9.17, 15) is 0 Å². The van der Waals surface area contributed by atoms with Crippen molar-refractivity contribution in [3.8, 4) is 11.6 Å². The number of guanidine groups is 1. The maximum atomic E-state index is 5.30. The van der Waals surface area contributed by atoms with E-state index in [2.05, 4.69) is 62.2 Å². The SMILES string of the molecule is CN=C(NCCc1nc(-c2ccco2)n[nH]1)NCc1ccc(C)cc1SC. The molecule has 2 aromatic heterocycles. The molecule has 0 radical (unpaired) electrons. The second-order valence-electron chi connectivity index (χ2n) is 6.00. The molecule has 0 amide bonds. The highest BCUT2D eigenvalue weighted by molar-refractivity contribution is 7.98. The Hall–Kier alpha value is -2.74. The standard InChI is InChI=1S/C19H24N6OS/c1-13-6-7-14(16(11-13)27-3)12-22-19(20-2)21-9-8-17-23-18(25-24-17)15-5-4-10-26-15/h4-7,10-11H,8-9,12H2,1-3H3,(H2,20,21,22)(H,23,24,25). The number of aromatic nitrogens is 3. The molecule has 0 saturated heterocycles. The third-order valence-corrected chi connectivity index (χ3v) is 4.86. The van der Waals surface area contributed by atoms with Gasteiger partial charge in [0.25, 0.3) is 0 Å². The minimum absolute atomic E-state index is 0.571. The normalized spacial score (nSPS) is 11.6. The topological polar surface area (TPSA) is 91.1 Å². The van der Waals surface area contributed by atoms with Crippen LogP contribution in [0.5, 0.6) is 0 Å². The molecule has 0 aliphatic carbocycles. The molecule has 2 heterocycles. The van der Waals surface area contributed by atoms with E-state index in [1.54, 1.807) is 25.1 Å². The molecule has 142 valence electrons. The van der Waals surface area contributed by atoms with Crippen LogP contribution >= 0.6 is 11.8 Å². The number of H-pyrrole nitrogens is 1. The third kappa shape index (κ3) is 5.13. The van der Waals surface area contributed by atoms with Crippen LogP contribution in [-0.4, -0.2) is 41.0 Å². The third-order valence-electron chi connectivity index (χ3n) is 4.04. The number of aryl methyl sites for hydroxylation is 1. The molecule has 3 N–H and O–H groups in total. The van der Waals surface area contributed by atoms with Crippen molar-refractivity contribution >= 4 is 17.7 Å². The van der Waals surface area contributed by atoms with Crippen molar-refractivity contribution in [2.24, 2.45) is 4.99 Å². The summed E-state index contributed by atoms with van der Waals surface area (Å²) in [7, 11) is 1.77.